The molecule has 3 aromatic heterocycles. The molecule has 12 heteroatoms. The van der Waals surface area contributed by atoms with E-state index in [1.54, 1.807) is 17.1 Å². The number of amides is 1. The summed E-state index contributed by atoms with van der Waals surface area (Å²) in [7, 11) is 1.86. The van der Waals surface area contributed by atoms with E-state index in [2.05, 4.69) is 48.7 Å². The molecule has 6 rings (SSSR count). The molecule has 0 radical (unpaired) electrons. The predicted molar refractivity (Wildman–Crippen MR) is 138 cm³/mol. The molecule has 0 aliphatic carbocycles. The number of aromatic nitrogens is 6. The van der Waals surface area contributed by atoms with Crippen molar-refractivity contribution in [3.8, 4) is 11.3 Å². The van der Waals surface area contributed by atoms with E-state index in [1.807, 2.05) is 19.3 Å². The molecule has 2 aliphatic heterocycles. The summed E-state index contributed by atoms with van der Waals surface area (Å²) in [6.07, 6.45) is 7.26. The Balaban J connectivity index is 1.35. The summed E-state index contributed by atoms with van der Waals surface area (Å²) in [5, 5.41) is 16.8. The van der Waals surface area contributed by atoms with E-state index >= 15 is 0 Å². The summed E-state index contributed by atoms with van der Waals surface area (Å²) in [6, 6.07) is 8.76. The third-order valence-corrected chi connectivity index (χ3v) is 7.93. The Morgan fingerprint density at radius 2 is 2.16 bits per heavy atom. The largest absolute Gasteiger partial charge is 0.380 e. The zero-order chi connectivity index (χ0) is 25.4. The fourth-order valence-corrected chi connectivity index (χ4v) is 5.89. The molecule has 0 bridgehead atoms. The minimum Gasteiger partial charge on any atom is -0.380 e. The number of nitrogens with two attached hydrogens (primary N) is 1. The van der Waals surface area contributed by atoms with Crippen LogP contribution in [0.4, 0.5) is 11.6 Å². The second-order valence-electron chi connectivity index (χ2n) is 9.35. The molecule has 11 nitrogen and oxygen atoms in total. The Kier molecular flexibility index (Phi) is 6.37. The van der Waals surface area contributed by atoms with E-state index in [-0.39, 0.29) is 10.9 Å². The highest BCUT2D eigenvalue weighted by Crippen LogP contribution is 2.38. The van der Waals surface area contributed by atoms with Crippen molar-refractivity contribution in [3.05, 3.63) is 64.0 Å². The van der Waals surface area contributed by atoms with Gasteiger partial charge in [-0.1, -0.05) is 23.5 Å². The molecule has 1 amide bonds. The smallest absolute Gasteiger partial charge is 0.279 e. The number of hydrogen-bond donors (Lipinski definition) is 2. The predicted octanol–water partition coefficient (Wildman–Crippen LogP) is 2.70. The molecule has 3 N–H and O–H groups in total. The molecule has 0 saturated carbocycles. The van der Waals surface area contributed by atoms with Crippen LogP contribution < -0.4 is 11.1 Å². The molecule has 0 unspecified atom stereocenters. The topological polar surface area (TPSA) is 137 Å². The number of aryl methyl sites for hydroxylation is 1. The van der Waals surface area contributed by atoms with Crippen molar-refractivity contribution >= 4 is 28.9 Å². The van der Waals surface area contributed by atoms with Crippen LogP contribution in [0.3, 0.4) is 0 Å². The number of anilines is 2. The van der Waals surface area contributed by atoms with Gasteiger partial charge in [-0.3, -0.25) is 14.4 Å². The summed E-state index contributed by atoms with van der Waals surface area (Å²) in [5.74, 6) is 0.00297. The molecule has 1 saturated heterocycles. The number of carbonyl (C=O) groups excluding carboxylic acids is 1. The fourth-order valence-electron chi connectivity index (χ4n) is 5.04. The van der Waals surface area contributed by atoms with Crippen LogP contribution in [0.15, 0.2) is 42.9 Å². The van der Waals surface area contributed by atoms with E-state index in [9.17, 15) is 4.79 Å². The SMILES string of the molecule is Cn1cc(Nc2nccc(-c3ccc4c(c3)CN([C@@H]3CCOC3)CC[C@H]4c3nnc(C(N)=O)s3)n2)cn1. The minimum atomic E-state index is -0.544. The minimum absolute atomic E-state index is 0.0372. The van der Waals surface area contributed by atoms with E-state index in [0.717, 1.165) is 61.1 Å². The Labute approximate surface area is 217 Å². The lowest BCUT2D eigenvalue weighted by atomic mass is 9.91. The average molecular weight is 518 g/mol. The van der Waals surface area contributed by atoms with Crippen LogP contribution in [-0.2, 0) is 18.3 Å². The van der Waals surface area contributed by atoms with Gasteiger partial charge >= 0.3 is 0 Å². The van der Waals surface area contributed by atoms with Gasteiger partial charge in [0.15, 0.2) is 0 Å². The number of carbonyl (C=O) groups is 1. The van der Waals surface area contributed by atoms with Gasteiger partial charge in [0.25, 0.3) is 5.91 Å². The van der Waals surface area contributed by atoms with Crippen LogP contribution in [0.25, 0.3) is 11.3 Å². The number of hydrogen-bond acceptors (Lipinski definition) is 10. The number of ether oxygens (including phenoxy) is 1. The molecule has 5 heterocycles. The van der Waals surface area contributed by atoms with Gasteiger partial charge in [0.2, 0.25) is 11.0 Å². The monoisotopic (exact) mass is 517 g/mol. The van der Waals surface area contributed by atoms with Crippen molar-refractivity contribution < 1.29 is 9.53 Å². The van der Waals surface area contributed by atoms with Crippen LogP contribution in [0.5, 0.6) is 0 Å². The molecule has 37 heavy (non-hydrogen) atoms. The highest BCUT2D eigenvalue weighted by atomic mass is 32.1. The molecular formula is C25H27N9O2S. The number of benzene rings is 1. The first-order chi connectivity index (χ1) is 18.0. The first kappa shape index (κ1) is 23.6. The maximum atomic E-state index is 11.7. The highest BCUT2D eigenvalue weighted by Gasteiger charge is 2.31. The van der Waals surface area contributed by atoms with E-state index < -0.39 is 5.91 Å². The molecular weight excluding hydrogens is 490 g/mol. The summed E-state index contributed by atoms with van der Waals surface area (Å²) >= 11 is 1.28. The molecule has 1 fully saturated rings. The van der Waals surface area contributed by atoms with Gasteiger partial charge in [0.05, 0.1) is 24.2 Å². The standard InChI is InChI=1S/C25H27N9O2S/c1-33-13-17(11-28-33)29-25-27-7-4-21(30-25)15-2-3-19-16(10-15)12-34(18-6-9-36-14-18)8-5-20(19)23-31-32-24(37-23)22(26)35/h2-4,7,10-11,13,18,20H,5-6,8-9,12,14H2,1H3,(H2,26,35)(H,27,29,30)/t18-,20-/m1/s1. The van der Waals surface area contributed by atoms with Gasteiger partial charge in [-0.05, 0) is 42.6 Å². The van der Waals surface area contributed by atoms with Gasteiger partial charge in [-0.15, -0.1) is 10.2 Å². The molecule has 4 aromatic rings. The van der Waals surface area contributed by atoms with Crippen molar-refractivity contribution in [2.24, 2.45) is 12.8 Å². The van der Waals surface area contributed by atoms with Crippen molar-refractivity contribution in [2.75, 3.05) is 25.1 Å². The van der Waals surface area contributed by atoms with E-state index in [0.29, 0.717) is 12.0 Å². The second-order valence-corrected chi connectivity index (χ2v) is 10.4. The van der Waals surface area contributed by atoms with Crippen molar-refractivity contribution in [3.63, 3.8) is 0 Å². The Morgan fingerprint density at radius 1 is 1.24 bits per heavy atom. The lowest BCUT2D eigenvalue weighted by molar-refractivity contribution is 0.0999. The van der Waals surface area contributed by atoms with Crippen molar-refractivity contribution in [1.82, 2.24) is 34.8 Å². The molecule has 190 valence electrons. The third kappa shape index (κ3) is 4.95. The Hall–Kier alpha value is -3.74. The molecule has 0 spiro atoms. The third-order valence-electron chi connectivity index (χ3n) is 6.88. The first-order valence-corrected chi connectivity index (χ1v) is 13.0. The number of rotatable bonds is 6. The van der Waals surface area contributed by atoms with Gasteiger partial charge in [0.1, 0.15) is 5.01 Å². The number of nitrogens with zero attached hydrogens (tertiary/aromatic N) is 7. The maximum absolute atomic E-state index is 11.7. The highest BCUT2D eigenvalue weighted by molar-refractivity contribution is 7.13. The van der Waals surface area contributed by atoms with Crippen molar-refractivity contribution in [1.29, 1.82) is 0 Å². The van der Waals surface area contributed by atoms with Crippen LogP contribution in [0.1, 0.15) is 44.7 Å². The summed E-state index contributed by atoms with van der Waals surface area (Å²) in [6.45, 7) is 3.26. The van der Waals surface area contributed by atoms with Gasteiger partial charge < -0.3 is 15.8 Å². The van der Waals surface area contributed by atoms with Gasteiger partial charge in [-0.2, -0.15) is 5.10 Å². The lowest BCUT2D eigenvalue weighted by Gasteiger charge is -2.26. The second kappa shape index (κ2) is 9.96. The van der Waals surface area contributed by atoms with Crippen molar-refractivity contribution in [2.45, 2.75) is 31.3 Å². The van der Waals surface area contributed by atoms with E-state index in [1.165, 1.54) is 22.5 Å². The molecule has 1 aromatic carbocycles. The normalized spacial score (nSPS) is 19.9. The molecule has 2 atom stereocenters. The van der Waals surface area contributed by atoms with Crippen LogP contribution in [0, 0.1) is 0 Å². The quantitative estimate of drug-likeness (QED) is 0.395. The molecule has 2 aliphatic rings. The lowest BCUT2D eigenvalue weighted by Crippen LogP contribution is -2.35. The van der Waals surface area contributed by atoms with Gasteiger partial charge in [-0.25, -0.2) is 9.97 Å². The number of primary amides is 1. The van der Waals surface area contributed by atoms with Gasteiger partial charge in [0, 0.05) is 50.1 Å². The van der Waals surface area contributed by atoms with E-state index in [4.69, 9.17) is 15.5 Å². The van der Waals surface area contributed by atoms with Crippen LogP contribution in [-0.4, -0.2) is 66.6 Å². The summed E-state index contributed by atoms with van der Waals surface area (Å²) < 4.78 is 7.42. The maximum Gasteiger partial charge on any atom is 0.279 e. The zero-order valence-corrected chi connectivity index (χ0v) is 21.2. The first-order valence-electron chi connectivity index (χ1n) is 12.2. The number of fused-ring (bicyclic) bond motifs is 1. The Morgan fingerprint density at radius 3 is 2.92 bits per heavy atom. The summed E-state index contributed by atoms with van der Waals surface area (Å²) in [5.41, 5.74) is 10.5. The van der Waals surface area contributed by atoms with Crippen LogP contribution >= 0.6 is 11.3 Å². The van der Waals surface area contributed by atoms with Crippen LogP contribution in [0.2, 0.25) is 0 Å². The fraction of sp³-hybridized carbons (Fsp3) is 0.360. The average Bonchev–Trinajstić information content (AvgIpc) is 3.65. The number of nitrogens with one attached hydrogen (secondary N) is 1. The zero-order valence-electron chi connectivity index (χ0n) is 20.4. The summed E-state index contributed by atoms with van der Waals surface area (Å²) in [4.78, 5) is 23.3. The Bertz CT molecular complexity index is 1430.